The fourth-order valence-corrected chi connectivity index (χ4v) is 2.13. The van der Waals surface area contributed by atoms with Gasteiger partial charge in [-0.25, -0.2) is 8.78 Å². The van der Waals surface area contributed by atoms with Crippen molar-refractivity contribution in [2.45, 2.75) is 90.4 Å². The summed E-state index contributed by atoms with van der Waals surface area (Å²) >= 11 is 0. The summed E-state index contributed by atoms with van der Waals surface area (Å²) in [5, 5.41) is 2.85. The lowest BCUT2D eigenvalue weighted by molar-refractivity contribution is -0.00146. The van der Waals surface area contributed by atoms with E-state index in [2.05, 4.69) is 12.2 Å². The van der Waals surface area contributed by atoms with E-state index in [0.29, 0.717) is 0 Å². The summed E-state index contributed by atoms with van der Waals surface area (Å²) in [6.07, 6.45) is 12.8. The van der Waals surface area contributed by atoms with E-state index in [1.165, 1.54) is 64.7 Å². The second-order valence-electron chi connectivity index (χ2n) is 5.57. The van der Waals surface area contributed by atoms with Crippen LogP contribution in [0.1, 0.15) is 84.5 Å². The first kappa shape index (κ1) is 18.8. The van der Waals surface area contributed by atoms with Gasteiger partial charge in [0.1, 0.15) is 0 Å². The third-order valence-corrected chi connectivity index (χ3v) is 3.61. The molecule has 0 aromatic carbocycles. The standard InChI is InChI=1S/C16H33F2N/c1-3-5-6-7-8-9-10-11-12-13-14-19-15-16(17,18)4-2/h19H,3-15H2,1-2H3. The molecule has 0 spiro atoms. The molecule has 0 fully saturated rings. The van der Waals surface area contributed by atoms with Crippen molar-refractivity contribution in [3.63, 3.8) is 0 Å². The van der Waals surface area contributed by atoms with Crippen LogP contribution >= 0.6 is 0 Å². The number of nitrogens with one attached hydrogen (secondary N) is 1. The molecule has 1 nitrogen and oxygen atoms in total. The number of unbranched alkanes of at least 4 members (excludes halogenated alkanes) is 9. The van der Waals surface area contributed by atoms with Gasteiger partial charge < -0.3 is 5.32 Å². The number of rotatable bonds is 14. The van der Waals surface area contributed by atoms with Gasteiger partial charge in [-0.15, -0.1) is 0 Å². The summed E-state index contributed by atoms with van der Waals surface area (Å²) < 4.78 is 25.8. The molecule has 0 amide bonds. The van der Waals surface area contributed by atoms with Crippen LogP contribution in [0.25, 0.3) is 0 Å². The molecule has 19 heavy (non-hydrogen) atoms. The van der Waals surface area contributed by atoms with Crippen LogP contribution in [0, 0.1) is 0 Å². The molecule has 0 aliphatic carbocycles. The summed E-state index contributed by atoms with van der Waals surface area (Å²) in [4.78, 5) is 0. The number of hydrogen-bond donors (Lipinski definition) is 1. The minimum absolute atomic E-state index is 0.0714. The molecule has 0 aromatic rings. The zero-order chi connectivity index (χ0) is 14.4. The van der Waals surface area contributed by atoms with E-state index in [-0.39, 0.29) is 13.0 Å². The Balaban J connectivity index is 3.07. The minimum atomic E-state index is -2.53. The van der Waals surface area contributed by atoms with Gasteiger partial charge >= 0.3 is 0 Å². The van der Waals surface area contributed by atoms with Crippen molar-refractivity contribution in [1.82, 2.24) is 5.32 Å². The van der Waals surface area contributed by atoms with Gasteiger partial charge in [0.05, 0.1) is 6.54 Å². The molecule has 116 valence electrons. The normalized spacial score (nSPS) is 12.0. The Kier molecular flexibility index (Phi) is 12.7. The predicted octanol–water partition coefficient (Wildman–Crippen LogP) is 5.54. The van der Waals surface area contributed by atoms with Crippen LogP contribution in [0.15, 0.2) is 0 Å². The Hall–Kier alpha value is -0.180. The molecule has 0 heterocycles. The maximum Gasteiger partial charge on any atom is 0.260 e. The summed E-state index contributed by atoms with van der Waals surface area (Å²) in [6, 6.07) is 0. The molecule has 1 N–H and O–H groups in total. The Morgan fingerprint density at radius 2 is 1.21 bits per heavy atom. The summed E-state index contributed by atoms with van der Waals surface area (Å²) in [6.45, 7) is 4.33. The van der Waals surface area contributed by atoms with Crippen molar-refractivity contribution in [2.75, 3.05) is 13.1 Å². The molecular formula is C16H33F2N. The van der Waals surface area contributed by atoms with Crippen LogP contribution in [0.2, 0.25) is 0 Å². The Bertz CT molecular complexity index is 184. The number of hydrogen-bond acceptors (Lipinski definition) is 1. The van der Waals surface area contributed by atoms with E-state index in [4.69, 9.17) is 0 Å². The lowest BCUT2D eigenvalue weighted by atomic mass is 10.1. The first-order valence-corrected chi connectivity index (χ1v) is 8.21. The fraction of sp³-hybridized carbons (Fsp3) is 1.00. The van der Waals surface area contributed by atoms with Gasteiger partial charge in [0, 0.05) is 6.42 Å². The largest absolute Gasteiger partial charge is 0.311 e. The molecule has 0 aliphatic rings. The SMILES string of the molecule is CCCCCCCCCCCCNCC(F)(F)CC. The molecule has 0 saturated carbocycles. The fourth-order valence-electron chi connectivity index (χ4n) is 2.13. The van der Waals surface area contributed by atoms with E-state index < -0.39 is 5.92 Å². The van der Waals surface area contributed by atoms with E-state index in [0.717, 1.165) is 13.0 Å². The van der Waals surface area contributed by atoms with E-state index in [9.17, 15) is 8.78 Å². The molecule has 3 heteroatoms. The first-order valence-electron chi connectivity index (χ1n) is 8.21. The van der Waals surface area contributed by atoms with Crippen LogP contribution in [0.3, 0.4) is 0 Å². The monoisotopic (exact) mass is 277 g/mol. The molecule has 0 rings (SSSR count). The van der Waals surface area contributed by atoms with E-state index in [1.54, 1.807) is 0 Å². The zero-order valence-corrected chi connectivity index (χ0v) is 12.9. The third kappa shape index (κ3) is 14.0. The first-order chi connectivity index (χ1) is 9.12. The van der Waals surface area contributed by atoms with Gasteiger partial charge in [0.25, 0.3) is 5.92 Å². The second kappa shape index (κ2) is 12.8. The predicted molar refractivity (Wildman–Crippen MR) is 80.0 cm³/mol. The number of halogens is 2. The minimum Gasteiger partial charge on any atom is -0.311 e. The third-order valence-electron chi connectivity index (χ3n) is 3.61. The molecular weight excluding hydrogens is 244 g/mol. The van der Waals surface area contributed by atoms with Crippen molar-refractivity contribution >= 4 is 0 Å². The second-order valence-corrected chi connectivity index (χ2v) is 5.57. The molecule has 0 atom stereocenters. The van der Waals surface area contributed by atoms with Gasteiger partial charge in [-0.3, -0.25) is 0 Å². The van der Waals surface area contributed by atoms with Crippen molar-refractivity contribution < 1.29 is 8.78 Å². The van der Waals surface area contributed by atoms with E-state index in [1.807, 2.05) is 0 Å². The average molecular weight is 277 g/mol. The molecule has 0 radical (unpaired) electrons. The summed E-state index contributed by atoms with van der Waals surface area (Å²) in [5.74, 6) is -2.53. The van der Waals surface area contributed by atoms with Crippen molar-refractivity contribution in [2.24, 2.45) is 0 Å². The lowest BCUT2D eigenvalue weighted by Gasteiger charge is -2.14. The Morgan fingerprint density at radius 1 is 0.737 bits per heavy atom. The highest BCUT2D eigenvalue weighted by Crippen LogP contribution is 2.15. The molecule has 0 bridgehead atoms. The maximum absolute atomic E-state index is 12.9. The van der Waals surface area contributed by atoms with E-state index >= 15 is 0 Å². The van der Waals surface area contributed by atoms with Gasteiger partial charge in [0.2, 0.25) is 0 Å². The topological polar surface area (TPSA) is 12.0 Å². The van der Waals surface area contributed by atoms with Crippen LogP contribution in [0.5, 0.6) is 0 Å². The maximum atomic E-state index is 12.9. The van der Waals surface area contributed by atoms with Crippen LogP contribution in [-0.2, 0) is 0 Å². The smallest absolute Gasteiger partial charge is 0.260 e. The van der Waals surface area contributed by atoms with Gasteiger partial charge in [-0.05, 0) is 13.0 Å². The zero-order valence-electron chi connectivity index (χ0n) is 12.9. The highest BCUT2D eigenvalue weighted by molar-refractivity contribution is 4.66. The summed E-state index contributed by atoms with van der Waals surface area (Å²) in [7, 11) is 0. The van der Waals surface area contributed by atoms with Gasteiger partial charge in [-0.1, -0.05) is 71.6 Å². The van der Waals surface area contributed by atoms with Crippen molar-refractivity contribution in [3.05, 3.63) is 0 Å². The van der Waals surface area contributed by atoms with Gasteiger partial charge in [0.15, 0.2) is 0 Å². The molecule has 0 saturated heterocycles. The van der Waals surface area contributed by atoms with Gasteiger partial charge in [-0.2, -0.15) is 0 Å². The van der Waals surface area contributed by atoms with Crippen molar-refractivity contribution in [3.8, 4) is 0 Å². The number of alkyl halides is 2. The Morgan fingerprint density at radius 3 is 1.68 bits per heavy atom. The molecule has 0 aliphatic heterocycles. The quantitative estimate of drug-likeness (QED) is 0.411. The molecule has 0 unspecified atom stereocenters. The Labute approximate surface area is 118 Å². The average Bonchev–Trinajstić information content (AvgIpc) is 2.40. The molecule has 0 aromatic heterocycles. The van der Waals surface area contributed by atoms with Crippen LogP contribution in [0.4, 0.5) is 8.78 Å². The van der Waals surface area contributed by atoms with Crippen molar-refractivity contribution in [1.29, 1.82) is 0 Å². The lowest BCUT2D eigenvalue weighted by Crippen LogP contribution is -2.32. The summed E-state index contributed by atoms with van der Waals surface area (Å²) in [5.41, 5.74) is 0. The van der Waals surface area contributed by atoms with Crippen LogP contribution in [-0.4, -0.2) is 19.0 Å². The highest BCUT2D eigenvalue weighted by Gasteiger charge is 2.24. The highest BCUT2D eigenvalue weighted by atomic mass is 19.3. The van der Waals surface area contributed by atoms with Crippen LogP contribution < -0.4 is 5.32 Å².